The molecule has 20 heavy (non-hydrogen) atoms. The number of aliphatic hydroxyl groups is 1. The summed E-state index contributed by atoms with van der Waals surface area (Å²) >= 11 is 5.65. The molecule has 2 rings (SSSR count). The van der Waals surface area contributed by atoms with Crippen LogP contribution in [0.25, 0.3) is 0 Å². The van der Waals surface area contributed by atoms with Crippen LogP contribution in [0.15, 0.2) is 15.8 Å². The molecule has 0 unspecified atom stereocenters. The van der Waals surface area contributed by atoms with Gasteiger partial charge in [0.1, 0.15) is 5.02 Å². The molecule has 1 fully saturated rings. The molecule has 110 valence electrons. The van der Waals surface area contributed by atoms with Crippen molar-refractivity contribution in [3.8, 4) is 0 Å². The first-order valence-corrected chi connectivity index (χ1v) is 6.63. The number of carboxylic acids is 1. The van der Waals surface area contributed by atoms with Crippen molar-refractivity contribution >= 4 is 17.6 Å². The first-order chi connectivity index (χ1) is 9.31. The summed E-state index contributed by atoms with van der Waals surface area (Å²) in [6.07, 6.45) is 2.47. The number of nitrogens with one attached hydrogen (secondary N) is 1. The van der Waals surface area contributed by atoms with Crippen molar-refractivity contribution < 1.29 is 15.0 Å². The highest BCUT2D eigenvalue weighted by atomic mass is 35.5. The van der Waals surface area contributed by atoms with Crippen LogP contribution in [0, 0.1) is 5.92 Å². The van der Waals surface area contributed by atoms with E-state index in [1.54, 1.807) is 0 Å². The number of hydrogen-bond donors (Lipinski definition) is 3. The van der Waals surface area contributed by atoms with Crippen molar-refractivity contribution in [1.29, 1.82) is 0 Å². The van der Waals surface area contributed by atoms with Gasteiger partial charge in [-0.05, 0) is 25.7 Å². The maximum absolute atomic E-state index is 11.6. The minimum atomic E-state index is -1.16. The Morgan fingerprint density at radius 3 is 2.60 bits per heavy atom. The van der Waals surface area contributed by atoms with Crippen molar-refractivity contribution in [3.63, 3.8) is 0 Å². The third kappa shape index (κ3) is 3.10. The van der Waals surface area contributed by atoms with Gasteiger partial charge in [-0.1, -0.05) is 11.6 Å². The van der Waals surface area contributed by atoms with Crippen LogP contribution >= 0.6 is 11.6 Å². The summed E-state index contributed by atoms with van der Waals surface area (Å²) in [5.41, 5.74) is -2.47. The molecule has 1 heterocycles. The average Bonchev–Trinajstić information content (AvgIpc) is 2.36. The van der Waals surface area contributed by atoms with Gasteiger partial charge in [0.05, 0.1) is 18.1 Å². The molecule has 1 aromatic rings. The first-order valence-electron chi connectivity index (χ1n) is 6.25. The topological polar surface area (TPSA) is 112 Å². The van der Waals surface area contributed by atoms with Gasteiger partial charge in [-0.25, -0.2) is 4.79 Å². The lowest BCUT2D eigenvalue weighted by Gasteiger charge is -2.34. The largest absolute Gasteiger partial charge is 0.481 e. The van der Waals surface area contributed by atoms with Gasteiger partial charge in [0.25, 0.3) is 5.56 Å². The zero-order valence-electron chi connectivity index (χ0n) is 10.6. The molecule has 8 heteroatoms. The van der Waals surface area contributed by atoms with Crippen LogP contribution in [0.4, 0.5) is 0 Å². The number of aromatic amines is 1. The zero-order valence-corrected chi connectivity index (χ0v) is 11.4. The number of rotatable bonds is 3. The Morgan fingerprint density at radius 1 is 1.45 bits per heavy atom. The fraction of sp³-hybridized carbons (Fsp3) is 0.583. The molecule has 1 aromatic heterocycles. The molecule has 0 amide bonds. The molecule has 0 aliphatic heterocycles. The van der Waals surface area contributed by atoms with Crippen LogP contribution < -0.4 is 11.2 Å². The van der Waals surface area contributed by atoms with E-state index in [1.807, 2.05) is 0 Å². The minimum absolute atomic E-state index is 0.0192. The maximum Gasteiger partial charge on any atom is 0.328 e. The monoisotopic (exact) mass is 302 g/mol. The summed E-state index contributed by atoms with van der Waals surface area (Å²) in [5.74, 6) is -1.32. The van der Waals surface area contributed by atoms with Gasteiger partial charge >= 0.3 is 11.7 Å². The molecular formula is C12H15ClN2O5. The SMILES string of the molecule is O=C(O)C1CCC(O)(Cn2cc(Cl)c(=O)[nH]c2=O)CC1. The number of carbonyl (C=O) groups is 1. The molecule has 0 bridgehead atoms. The van der Waals surface area contributed by atoms with Crippen molar-refractivity contribution in [2.24, 2.45) is 5.92 Å². The van der Waals surface area contributed by atoms with Gasteiger partial charge in [-0.15, -0.1) is 0 Å². The highest BCUT2D eigenvalue weighted by molar-refractivity contribution is 6.30. The third-order valence-electron chi connectivity index (χ3n) is 3.70. The second-order valence-electron chi connectivity index (χ2n) is 5.20. The van der Waals surface area contributed by atoms with E-state index in [0.29, 0.717) is 12.8 Å². The predicted octanol–water partition coefficient (Wildman–Crippen LogP) is 0.196. The van der Waals surface area contributed by atoms with Crippen molar-refractivity contribution in [2.75, 3.05) is 0 Å². The number of H-pyrrole nitrogens is 1. The lowest BCUT2D eigenvalue weighted by Crippen LogP contribution is -2.43. The van der Waals surface area contributed by atoms with Crippen molar-refractivity contribution in [2.45, 2.75) is 37.8 Å². The zero-order chi connectivity index (χ0) is 14.9. The molecule has 1 saturated carbocycles. The molecular weight excluding hydrogens is 288 g/mol. The van der Waals surface area contributed by atoms with Crippen LogP contribution in [-0.4, -0.2) is 31.3 Å². The molecule has 0 aromatic carbocycles. The summed E-state index contributed by atoms with van der Waals surface area (Å²) in [5, 5.41) is 19.2. The number of aromatic nitrogens is 2. The second kappa shape index (κ2) is 5.41. The van der Waals surface area contributed by atoms with E-state index in [1.165, 1.54) is 6.20 Å². The van der Waals surface area contributed by atoms with Crippen LogP contribution in [0.1, 0.15) is 25.7 Å². The van der Waals surface area contributed by atoms with Gasteiger partial charge < -0.3 is 10.2 Å². The number of carboxylic acid groups (broad SMARTS) is 1. The Labute approximate surface area is 118 Å². The molecule has 0 spiro atoms. The average molecular weight is 303 g/mol. The first kappa shape index (κ1) is 14.8. The minimum Gasteiger partial charge on any atom is -0.481 e. The Hall–Kier alpha value is -1.60. The summed E-state index contributed by atoms with van der Waals surface area (Å²) in [6, 6.07) is 0. The van der Waals surface area contributed by atoms with Crippen molar-refractivity contribution in [3.05, 3.63) is 32.1 Å². The summed E-state index contributed by atoms with van der Waals surface area (Å²) in [7, 11) is 0. The third-order valence-corrected chi connectivity index (χ3v) is 3.97. The van der Waals surface area contributed by atoms with E-state index >= 15 is 0 Å². The quantitative estimate of drug-likeness (QED) is 0.738. The predicted molar refractivity (Wildman–Crippen MR) is 70.9 cm³/mol. The second-order valence-corrected chi connectivity index (χ2v) is 5.61. The molecule has 1 aliphatic rings. The number of hydrogen-bond acceptors (Lipinski definition) is 4. The van der Waals surface area contributed by atoms with E-state index in [-0.39, 0.29) is 24.4 Å². The molecule has 7 nitrogen and oxygen atoms in total. The van der Waals surface area contributed by atoms with Crippen LogP contribution in [0.2, 0.25) is 5.02 Å². The highest BCUT2D eigenvalue weighted by Gasteiger charge is 2.36. The Kier molecular flexibility index (Phi) is 4.01. The van der Waals surface area contributed by atoms with E-state index in [0.717, 1.165) is 4.57 Å². The molecule has 0 atom stereocenters. The fourth-order valence-corrected chi connectivity index (χ4v) is 2.64. The van der Waals surface area contributed by atoms with Gasteiger partial charge in [0, 0.05) is 6.20 Å². The Bertz CT molecular complexity index is 627. The van der Waals surface area contributed by atoms with Gasteiger partial charge in [-0.2, -0.15) is 0 Å². The summed E-state index contributed by atoms with van der Waals surface area (Å²) < 4.78 is 1.14. The molecule has 1 aliphatic carbocycles. The lowest BCUT2D eigenvalue weighted by atomic mass is 9.79. The number of nitrogens with zero attached hydrogens (tertiary/aromatic N) is 1. The Morgan fingerprint density at radius 2 is 2.05 bits per heavy atom. The fourth-order valence-electron chi connectivity index (χ4n) is 2.48. The normalized spacial score (nSPS) is 26.4. The summed E-state index contributed by atoms with van der Waals surface area (Å²) in [4.78, 5) is 35.7. The van der Waals surface area contributed by atoms with Crippen LogP contribution in [0.5, 0.6) is 0 Å². The lowest BCUT2D eigenvalue weighted by molar-refractivity contribution is -0.145. The van der Waals surface area contributed by atoms with Gasteiger partial charge in [0.2, 0.25) is 0 Å². The highest BCUT2D eigenvalue weighted by Crippen LogP contribution is 2.33. The van der Waals surface area contributed by atoms with Crippen LogP contribution in [0.3, 0.4) is 0 Å². The molecule has 3 N–H and O–H groups in total. The van der Waals surface area contributed by atoms with E-state index in [9.17, 15) is 19.5 Å². The van der Waals surface area contributed by atoms with E-state index < -0.39 is 28.7 Å². The standard InChI is InChI=1S/C12H15ClN2O5/c13-8-5-15(11(19)14-9(8)16)6-12(20)3-1-7(2-4-12)10(17)18/h5,7,20H,1-4,6H2,(H,17,18)(H,14,16,19). The van der Waals surface area contributed by atoms with E-state index in [4.69, 9.17) is 16.7 Å². The van der Waals surface area contributed by atoms with Gasteiger partial charge in [0.15, 0.2) is 0 Å². The Balaban J connectivity index is 2.14. The van der Waals surface area contributed by atoms with E-state index in [2.05, 4.69) is 4.98 Å². The molecule has 0 radical (unpaired) electrons. The summed E-state index contributed by atoms with van der Waals surface area (Å²) in [6.45, 7) is -0.0192. The number of halogens is 1. The van der Waals surface area contributed by atoms with Crippen molar-refractivity contribution in [1.82, 2.24) is 9.55 Å². The molecule has 0 saturated heterocycles. The van der Waals surface area contributed by atoms with Gasteiger partial charge in [-0.3, -0.25) is 19.1 Å². The smallest absolute Gasteiger partial charge is 0.328 e. The number of aliphatic carboxylic acids is 1. The maximum atomic E-state index is 11.6. The van der Waals surface area contributed by atoms with Crippen LogP contribution in [-0.2, 0) is 11.3 Å².